The van der Waals surface area contributed by atoms with Crippen LogP contribution in [-0.2, 0) is 0 Å². The molecule has 0 atom stereocenters. The van der Waals surface area contributed by atoms with E-state index in [2.05, 4.69) is 168 Å². The van der Waals surface area contributed by atoms with Crippen LogP contribution in [-0.4, -0.2) is 14.5 Å². The van der Waals surface area contributed by atoms with Crippen molar-refractivity contribution in [2.75, 3.05) is 0 Å². The molecular formula is C46H29N3S. The van der Waals surface area contributed by atoms with Gasteiger partial charge in [0.1, 0.15) is 0 Å². The van der Waals surface area contributed by atoms with Crippen molar-refractivity contribution >= 4 is 53.3 Å². The van der Waals surface area contributed by atoms with E-state index in [0.717, 1.165) is 33.8 Å². The van der Waals surface area contributed by atoms with Crippen LogP contribution in [0.3, 0.4) is 0 Å². The molecule has 0 aliphatic rings. The Labute approximate surface area is 293 Å². The molecule has 50 heavy (non-hydrogen) atoms. The molecule has 0 unspecified atom stereocenters. The van der Waals surface area contributed by atoms with Crippen LogP contribution in [0.2, 0.25) is 0 Å². The molecule has 0 spiro atoms. The largest absolute Gasteiger partial charge is 0.308 e. The fourth-order valence-corrected chi connectivity index (χ4v) is 8.47. The predicted octanol–water partition coefficient (Wildman–Crippen LogP) is 12.6. The fourth-order valence-electron chi connectivity index (χ4n) is 7.23. The van der Waals surface area contributed by atoms with Crippen LogP contribution < -0.4 is 0 Å². The SMILES string of the molecule is c1ccc(-c2ccc3c4ccc5c6ccccc6sc5c4n(-c4cccc(-c5nc(-c6ccccc6)cc(-c6ccccc6)n5)c4)c3c2)cc1. The first-order valence-corrected chi connectivity index (χ1v) is 17.6. The van der Waals surface area contributed by atoms with Crippen molar-refractivity contribution in [1.29, 1.82) is 0 Å². The van der Waals surface area contributed by atoms with Crippen molar-refractivity contribution in [2.24, 2.45) is 0 Å². The second-order valence-electron chi connectivity index (χ2n) is 12.6. The van der Waals surface area contributed by atoms with Gasteiger partial charge < -0.3 is 4.57 Å². The van der Waals surface area contributed by atoms with Gasteiger partial charge in [-0.2, -0.15) is 0 Å². The Morgan fingerprint density at radius 1 is 0.400 bits per heavy atom. The lowest BCUT2D eigenvalue weighted by molar-refractivity contribution is 1.16. The quantitative estimate of drug-likeness (QED) is 0.185. The average molecular weight is 656 g/mol. The minimum Gasteiger partial charge on any atom is -0.308 e. The van der Waals surface area contributed by atoms with Crippen LogP contribution in [0.4, 0.5) is 0 Å². The third-order valence-electron chi connectivity index (χ3n) is 9.61. The van der Waals surface area contributed by atoms with Crippen molar-refractivity contribution in [3.8, 4) is 50.7 Å². The number of nitrogens with zero attached hydrogens (tertiary/aromatic N) is 3. The molecule has 234 valence electrons. The van der Waals surface area contributed by atoms with Gasteiger partial charge in [0.05, 0.1) is 27.1 Å². The summed E-state index contributed by atoms with van der Waals surface area (Å²) in [5.74, 6) is 0.699. The first-order chi connectivity index (χ1) is 24.8. The second-order valence-corrected chi connectivity index (χ2v) is 13.7. The molecule has 0 bridgehead atoms. The van der Waals surface area contributed by atoms with Crippen molar-refractivity contribution in [3.63, 3.8) is 0 Å². The first-order valence-electron chi connectivity index (χ1n) is 16.8. The van der Waals surface area contributed by atoms with E-state index < -0.39 is 0 Å². The third kappa shape index (κ3) is 4.73. The molecule has 0 saturated carbocycles. The molecule has 7 aromatic carbocycles. The lowest BCUT2D eigenvalue weighted by Crippen LogP contribution is -1.98. The number of aromatic nitrogens is 3. The van der Waals surface area contributed by atoms with E-state index in [9.17, 15) is 0 Å². The summed E-state index contributed by atoms with van der Waals surface area (Å²) in [5.41, 5.74) is 10.8. The summed E-state index contributed by atoms with van der Waals surface area (Å²) in [6, 6.07) is 62.4. The Morgan fingerprint density at radius 2 is 1.00 bits per heavy atom. The highest BCUT2D eigenvalue weighted by Gasteiger charge is 2.19. The standard InChI is InChI=1S/C46H29N3S/c1-4-13-30(14-5-1)33-23-24-36-38-25-26-39-37-21-10-11-22-43(37)50-45(39)44(38)49(42(36)28-33)35-20-12-19-34(27-35)46-47-40(31-15-6-2-7-16-31)29-41(48-46)32-17-8-3-9-18-32/h1-29H. The summed E-state index contributed by atoms with van der Waals surface area (Å²) in [6.07, 6.45) is 0. The molecule has 0 amide bonds. The maximum atomic E-state index is 5.16. The zero-order valence-electron chi connectivity index (χ0n) is 27.0. The Morgan fingerprint density at radius 3 is 1.72 bits per heavy atom. The number of thiophene rings is 1. The van der Waals surface area contributed by atoms with Gasteiger partial charge in [-0.25, -0.2) is 9.97 Å². The fraction of sp³-hybridized carbons (Fsp3) is 0. The van der Waals surface area contributed by atoms with Gasteiger partial charge in [-0.1, -0.05) is 146 Å². The molecule has 0 N–H and O–H groups in total. The minimum atomic E-state index is 0.699. The first kappa shape index (κ1) is 28.6. The van der Waals surface area contributed by atoms with Gasteiger partial charge in [-0.15, -0.1) is 11.3 Å². The smallest absolute Gasteiger partial charge is 0.160 e. The van der Waals surface area contributed by atoms with Gasteiger partial charge >= 0.3 is 0 Å². The molecule has 0 aliphatic carbocycles. The van der Waals surface area contributed by atoms with Gasteiger partial charge in [-0.3, -0.25) is 0 Å². The monoisotopic (exact) mass is 655 g/mol. The Bertz CT molecular complexity index is 2800. The molecule has 3 aromatic heterocycles. The van der Waals surface area contributed by atoms with E-state index in [4.69, 9.17) is 9.97 Å². The average Bonchev–Trinajstić information content (AvgIpc) is 3.74. The van der Waals surface area contributed by atoms with E-state index in [1.807, 2.05) is 23.5 Å². The highest BCUT2D eigenvalue weighted by molar-refractivity contribution is 7.26. The van der Waals surface area contributed by atoms with Gasteiger partial charge in [-0.05, 0) is 41.5 Å². The lowest BCUT2D eigenvalue weighted by atomic mass is 10.0. The van der Waals surface area contributed by atoms with E-state index >= 15 is 0 Å². The summed E-state index contributed by atoms with van der Waals surface area (Å²) in [6.45, 7) is 0. The maximum Gasteiger partial charge on any atom is 0.160 e. The topological polar surface area (TPSA) is 30.7 Å². The highest BCUT2D eigenvalue weighted by Crippen LogP contribution is 2.44. The number of hydrogen-bond acceptors (Lipinski definition) is 3. The molecule has 4 heteroatoms. The third-order valence-corrected chi connectivity index (χ3v) is 10.8. The minimum absolute atomic E-state index is 0.699. The summed E-state index contributed by atoms with van der Waals surface area (Å²) in [4.78, 5) is 10.3. The molecular weight excluding hydrogens is 627 g/mol. The van der Waals surface area contributed by atoms with Crippen molar-refractivity contribution in [1.82, 2.24) is 14.5 Å². The molecule has 3 heterocycles. The van der Waals surface area contributed by atoms with Crippen LogP contribution in [0.1, 0.15) is 0 Å². The van der Waals surface area contributed by atoms with Gasteiger partial charge in [0.25, 0.3) is 0 Å². The highest BCUT2D eigenvalue weighted by atomic mass is 32.1. The molecule has 0 saturated heterocycles. The van der Waals surface area contributed by atoms with Gasteiger partial charge in [0.2, 0.25) is 0 Å². The van der Waals surface area contributed by atoms with Crippen LogP contribution in [0.25, 0.3) is 92.7 Å². The van der Waals surface area contributed by atoms with Crippen molar-refractivity contribution < 1.29 is 0 Å². The van der Waals surface area contributed by atoms with Crippen LogP contribution in [0.15, 0.2) is 176 Å². The van der Waals surface area contributed by atoms with Gasteiger partial charge in [0.15, 0.2) is 5.82 Å². The molecule has 0 radical (unpaired) electrons. The number of benzene rings is 7. The molecule has 10 rings (SSSR count). The zero-order valence-corrected chi connectivity index (χ0v) is 27.8. The Balaban J connectivity index is 1.24. The van der Waals surface area contributed by atoms with Crippen LogP contribution in [0.5, 0.6) is 0 Å². The maximum absolute atomic E-state index is 5.16. The summed E-state index contributed by atoms with van der Waals surface area (Å²) < 4.78 is 5.04. The Kier molecular flexibility index (Phi) is 6.68. The molecule has 10 aromatic rings. The number of rotatable bonds is 5. The van der Waals surface area contributed by atoms with Crippen LogP contribution >= 0.6 is 11.3 Å². The number of fused-ring (bicyclic) bond motifs is 7. The van der Waals surface area contributed by atoms with E-state index in [1.165, 1.54) is 53.1 Å². The molecule has 3 nitrogen and oxygen atoms in total. The van der Waals surface area contributed by atoms with E-state index in [-0.39, 0.29) is 0 Å². The normalized spacial score (nSPS) is 11.6. The van der Waals surface area contributed by atoms with Gasteiger partial charge in [0, 0.05) is 48.6 Å². The van der Waals surface area contributed by atoms with E-state index in [0.29, 0.717) is 5.82 Å². The second kappa shape index (κ2) is 11.7. The summed E-state index contributed by atoms with van der Waals surface area (Å²) >= 11 is 1.87. The Hall–Kier alpha value is -6.36. The summed E-state index contributed by atoms with van der Waals surface area (Å²) in [5, 5.41) is 5.06. The molecule has 0 aliphatic heterocycles. The lowest BCUT2D eigenvalue weighted by Gasteiger charge is -2.13. The summed E-state index contributed by atoms with van der Waals surface area (Å²) in [7, 11) is 0. The van der Waals surface area contributed by atoms with Crippen molar-refractivity contribution in [2.45, 2.75) is 0 Å². The van der Waals surface area contributed by atoms with Crippen molar-refractivity contribution in [3.05, 3.63) is 176 Å². The van der Waals surface area contributed by atoms with Crippen LogP contribution in [0, 0.1) is 0 Å². The predicted molar refractivity (Wildman–Crippen MR) is 211 cm³/mol. The zero-order chi connectivity index (χ0) is 33.0. The van der Waals surface area contributed by atoms with E-state index in [1.54, 1.807) is 0 Å². The number of hydrogen-bond donors (Lipinski definition) is 0. The molecule has 0 fully saturated rings.